The van der Waals surface area contributed by atoms with Crippen molar-refractivity contribution in [1.29, 1.82) is 0 Å². The number of aliphatic hydroxyl groups excluding tert-OH is 1. The van der Waals surface area contributed by atoms with Gasteiger partial charge in [0.2, 0.25) is 0 Å². The Bertz CT molecular complexity index is 945. The molecule has 1 aliphatic heterocycles. The Morgan fingerprint density at radius 2 is 2.15 bits per heavy atom. The van der Waals surface area contributed by atoms with Crippen molar-refractivity contribution < 1.29 is 14.6 Å². The van der Waals surface area contributed by atoms with Gasteiger partial charge in [-0.05, 0) is 5.56 Å². The maximum Gasteiger partial charge on any atom is 0.167 e. The largest absolute Gasteiger partial charge is 0.393 e. The summed E-state index contributed by atoms with van der Waals surface area (Å²) in [5.74, 6) is 0.311. The predicted molar refractivity (Wildman–Crippen MR) is 99.5 cm³/mol. The standard InChI is InChI=1S/C19H21N5O3/c1-2-19(10-25)14(26-9-13-6-4-3-5-7-13)8-15(27-19)24-12-23-16-17(20)21-11-22-18(16)24/h2-7,11-12,14-15,25H,1,8-10H2,(H2,20,21,22). The third kappa shape index (κ3) is 3.08. The van der Waals surface area contributed by atoms with Gasteiger partial charge in [0.15, 0.2) is 11.5 Å². The average molecular weight is 367 g/mol. The van der Waals surface area contributed by atoms with E-state index in [9.17, 15) is 5.11 Å². The molecule has 3 heterocycles. The second-order valence-corrected chi connectivity index (χ2v) is 6.49. The minimum absolute atomic E-state index is 0.240. The van der Waals surface area contributed by atoms with Crippen LogP contribution >= 0.6 is 0 Å². The van der Waals surface area contributed by atoms with E-state index in [-0.39, 0.29) is 12.7 Å². The lowest BCUT2D eigenvalue weighted by molar-refractivity contribution is -0.113. The van der Waals surface area contributed by atoms with E-state index in [1.54, 1.807) is 17.0 Å². The first kappa shape index (κ1) is 17.6. The number of hydrogen-bond donors (Lipinski definition) is 2. The summed E-state index contributed by atoms with van der Waals surface area (Å²) in [5.41, 5.74) is 7.00. The number of aromatic nitrogens is 4. The minimum Gasteiger partial charge on any atom is -0.393 e. The smallest absolute Gasteiger partial charge is 0.167 e. The highest BCUT2D eigenvalue weighted by Gasteiger charge is 2.48. The van der Waals surface area contributed by atoms with Crippen LogP contribution in [-0.2, 0) is 16.1 Å². The molecule has 27 heavy (non-hydrogen) atoms. The van der Waals surface area contributed by atoms with Crippen LogP contribution in [-0.4, -0.2) is 42.9 Å². The summed E-state index contributed by atoms with van der Waals surface area (Å²) in [6.45, 7) is 4.02. The highest BCUT2D eigenvalue weighted by molar-refractivity contribution is 5.81. The molecule has 2 aromatic heterocycles. The highest BCUT2D eigenvalue weighted by Crippen LogP contribution is 2.40. The van der Waals surface area contributed by atoms with Crippen LogP contribution in [0, 0.1) is 0 Å². The summed E-state index contributed by atoms with van der Waals surface area (Å²) >= 11 is 0. The molecule has 3 aromatic rings. The molecular formula is C19H21N5O3. The Balaban J connectivity index is 1.60. The average Bonchev–Trinajstić information content (AvgIpc) is 3.30. The first-order valence-corrected chi connectivity index (χ1v) is 8.67. The number of ether oxygens (including phenoxy) is 2. The van der Waals surface area contributed by atoms with Crippen molar-refractivity contribution >= 4 is 17.0 Å². The molecule has 1 saturated heterocycles. The fourth-order valence-electron chi connectivity index (χ4n) is 3.37. The molecule has 1 aromatic carbocycles. The molecule has 0 saturated carbocycles. The van der Waals surface area contributed by atoms with Crippen molar-refractivity contribution in [3.63, 3.8) is 0 Å². The number of nitrogens with zero attached hydrogens (tertiary/aromatic N) is 4. The summed E-state index contributed by atoms with van der Waals surface area (Å²) in [5, 5.41) is 10.0. The maximum atomic E-state index is 10.0. The van der Waals surface area contributed by atoms with Crippen LogP contribution in [0.4, 0.5) is 5.82 Å². The molecule has 4 rings (SSSR count). The number of benzene rings is 1. The fourth-order valence-corrected chi connectivity index (χ4v) is 3.37. The Labute approximate surface area is 156 Å². The molecule has 8 nitrogen and oxygen atoms in total. The van der Waals surface area contributed by atoms with E-state index in [0.29, 0.717) is 30.0 Å². The van der Waals surface area contributed by atoms with Gasteiger partial charge < -0.3 is 20.3 Å². The molecule has 3 atom stereocenters. The highest BCUT2D eigenvalue weighted by atomic mass is 16.6. The molecule has 0 amide bonds. The number of hydrogen-bond acceptors (Lipinski definition) is 7. The molecule has 0 bridgehead atoms. The van der Waals surface area contributed by atoms with Crippen LogP contribution in [0.25, 0.3) is 11.2 Å². The number of nitrogen functional groups attached to an aromatic ring is 1. The molecule has 0 spiro atoms. The van der Waals surface area contributed by atoms with E-state index in [0.717, 1.165) is 5.56 Å². The summed E-state index contributed by atoms with van der Waals surface area (Å²) in [7, 11) is 0. The predicted octanol–water partition coefficient (Wildman–Crippen LogP) is 1.83. The van der Waals surface area contributed by atoms with Crippen molar-refractivity contribution in [2.45, 2.75) is 31.0 Å². The zero-order chi connectivity index (χ0) is 18.9. The summed E-state index contributed by atoms with van der Waals surface area (Å²) in [6, 6.07) is 9.86. The van der Waals surface area contributed by atoms with Crippen molar-refractivity contribution in [3.05, 3.63) is 61.2 Å². The van der Waals surface area contributed by atoms with Gasteiger partial charge in [-0.3, -0.25) is 4.57 Å². The summed E-state index contributed by atoms with van der Waals surface area (Å²) < 4.78 is 14.1. The van der Waals surface area contributed by atoms with Crippen LogP contribution in [0.1, 0.15) is 18.2 Å². The quantitative estimate of drug-likeness (QED) is 0.640. The Hall–Kier alpha value is -2.81. The molecule has 1 aliphatic rings. The molecule has 3 unspecified atom stereocenters. The fraction of sp³-hybridized carbons (Fsp3) is 0.316. The van der Waals surface area contributed by atoms with E-state index in [1.165, 1.54) is 6.33 Å². The monoisotopic (exact) mass is 367 g/mol. The normalized spacial score (nSPS) is 25.1. The summed E-state index contributed by atoms with van der Waals surface area (Å²) in [4.78, 5) is 12.5. The molecule has 3 N–H and O–H groups in total. The number of rotatable bonds is 6. The molecule has 0 radical (unpaired) electrons. The van der Waals surface area contributed by atoms with Gasteiger partial charge in [0.1, 0.15) is 23.7 Å². The third-order valence-electron chi connectivity index (χ3n) is 4.90. The van der Waals surface area contributed by atoms with E-state index in [2.05, 4.69) is 21.5 Å². The number of anilines is 1. The first-order valence-electron chi connectivity index (χ1n) is 8.67. The first-order chi connectivity index (χ1) is 13.2. The second kappa shape index (κ2) is 7.07. The van der Waals surface area contributed by atoms with Crippen molar-refractivity contribution in [1.82, 2.24) is 19.5 Å². The van der Waals surface area contributed by atoms with Crippen LogP contribution < -0.4 is 5.73 Å². The van der Waals surface area contributed by atoms with Crippen LogP contribution in [0.3, 0.4) is 0 Å². The van der Waals surface area contributed by atoms with Gasteiger partial charge in [-0.25, -0.2) is 15.0 Å². The number of imidazole rings is 1. The molecule has 0 aliphatic carbocycles. The maximum absolute atomic E-state index is 10.0. The lowest BCUT2D eigenvalue weighted by Crippen LogP contribution is -2.42. The lowest BCUT2D eigenvalue weighted by atomic mass is 9.97. The van der Waals surface area contributed by atoms with E-state index in [4.69, 9.17) is 15.2 Å². The molecular weight excluding hydrogens is 346 g/mol. The van der Waals surface area contributed by atoms with Crippen LogP contribution in [0.15, 0.2) is 55.6 Å². The van der Waals surface area contributed by atoms with Gasteiger partial charge in [-0.2, -0.15) is 0 Å². The SMILES string of the molecule is C=CC1(CO)OC(n2cnc3c(N)ncnc32)CC1OCc1ccccc1. The van der Waals surface area contributed by atoms with Gasteiger partial charge >= 0.3 is 0 Å². The van der Waals surface area contributed by atoms with Gasteiger partial charge in [0, 0.05) is 6.42 Å². The van der Waals surface area contributed by atoms with Crippen molar-refractivity contribution in [2.75, 3.05) is 12.3 Å². The Morgan fingerprint density at radius 3 is 2.89 bits per heavy atom. The van der Waals surface area contributed by atoms with E-state index < -0.39 is 11.8 Å². The topological polar surface area (TPSA) is 108 Å². The zero-order valence-electron chi connectivity index (χ0n) is 14.7. The van der Waals surface area contributed by atoms with Gasteiger partial charge in [0.05, 0.1) is 25.6 Å². The number of nitrogens with two attached hydrogens (primary N) is 1. The Morgan fingerprint density at radius 1 is 1.33 bits per heavy atom. The molecule has 1 fully saturated rings. The number of aliphatic hydroxyl groups is 1. The number of fused-ring (bicyclic) bond motifs is 1. The minimum atomic E-state index is -1.01. The Kier molecular flexibility index (Phi) is 4.61. The second-order valence-electron chi connectivity index (χ2n) is 6.49. The molecule has 140 valence electrons. The zero-order valence-corrected chi connectivity index (χ0v) is 14.7. The molecule has 8 heteroatoms. The van der Waals surface area contributed by atoms with Gasteiger partial charge in [-0.1, -0.05) is 36.4 Å². The van der Waals surface area contributed by atoms with Crippen molar-refractivity contribution in [3.8, 4) is 0 Å². The van der Waals surface area contributed by atoms with Crippen LogP contribution in [0.5, 0.6) is 0 Å². The third-order valence-corrected chi connectivity index (χ3v) is 4.90. The van der Waals surface area contributed by atoms with Gasteiger partial charge in [-0.15, -0.1) is 6.58 Å². The summed E-state index contributed by atoms with van der Waals surface area (Å²) in [6.07, 6.45) is 4.32. The lowest BCUT2D eigenvalue weighted by Gasteiger charge is -2.29. The van der Waals surface area contributed by atoms with E-state index >= 15 is 0 Å². The van der Waals surface area contributed by atoms with Gasteiger partial charge in [0.25, 0.3) is 0 Å². The van der Waals surface area contributed by atoms with E-state index in [1.807, 2.05) is 30.3 Å². The van der Waals surface area contributed by atoms with Crippen molar-refractivity contribution in [2.24, 2.45) is 0 Å². The van der Waals surface area contributed by atoms with Crippen LogP contribution in [0.2, 0.25) is 0 Å².